The number of fused-ring (bicyclic) bond motifs is 7. The molecule has 0 saturated heterocycles. The number of rotatable bonds is 3. The summed E-state index contributed by atoms with van der Waals surface area (Å²) in [6, 6.07) is 65.0. The summed E-state index contributed by atoms with van der Waals surface area (Å²) in [4.78, 5) is 0. The third-order valence-corrected chi connectivity index (χ3v) is 13.1. The van der Waals surface area contributed by atoms with Crippen LogP contribution in [0.5, 0.6) is 23.0 Å². The number of aryl methyl sites for hydroxylation is 1. The largest absolute Gasteiger partial charge is 0.457 e. The zero-order chi connectivity index (χ0) is 37.4. The zero-order valence-electron chi connectivity index (χ0n) is 31.5. The minimum absolute atomic E-state index is 0.179. The molecule has 4 aliphatic rings. The number of hydrogen-bond donors (Lipinski definition) is 0. The Morgan fingerprint density at radius 1 is 0.393 bits per heavy atom. The highest BCUT2D eigenvalue weighted by Crippen LogP contribution is 2.66. The minimum atomic E-state index is -0.665. The predicted octanol–water partition coefficient (Wildman–Crippen LogP) is 14.2. The molecule has 266 valence electrons. The van der Waals surface area contributed by atoms with Crippen LogP contribution in [0.2, 0.25) is 0 Å². The first-order valence-corrected chi connectivity index (χ1v) is 19.6. The maximum atomic E-state index is 6.91. The summed E-state index contributed by atoms with van der Waals surface area (Å²) in [5.41, 5.74) is 17.1. The lowest BCUT2D eigenvalue weighted by atomic mass is 9.61. The third-order valence-electron chi connectivity index (χ3n) is 13.1. The van der Waals surface area contributed by atoms with E-state index >= 15 is 0 Å². The molecule has 2 unspecified atom stereocenters. The molecular formula is C53H38NO2+. The molecule has 0 saturated carbocycles. The molecule has 8 aromatic rings. The normalized spacial score (nSPS) is 19.6. The van der Waals surface area contributed by atoms with E-state index in [1.807, 2.05) is 0 Å². The molecule has 3 aliphatic heterocycles. The second-order valence-electron chi connectivity index (χ2n) is 16.3. The molecular weight excluding hydrogens is 683 g/mol. The number of quaternary nitrogens is 1. The van der Waals surface area contributed by atoms with Crippen LogP contribution in [0.15, 0.2) is 176 Å². The van der Waals surface area contributed by atoms with Crippen molar-refractivity contribution in [3.63, 3.8) is 0 Å². The summed E-state index contributed by atoms with van der Waals surface area (Å²) in [7, 11) is 0. The van der Waals surface area contributed by atoms with E-state index in [0.29, 0.717) is 4.48 Å². The Morgan fingerprint density at radius 2 is 0.893 bits per heavy atom. The Hall–Kier alpha value is -6.68. The van der Waals surface area contributed by atoms with Crippen molar-refractivity contribution in [3.8, 4) is 45.3 Å². The number of hydrogen-bond acceptors (Lipinski definition) is 2. The molecule has 1 aliphatic carbocycles. The lowest BCUT2D eigenvalue weighted by Crippen LogP contribution is -2.41. The quantitative estimate of drug-likeness (QED) is 0.169. The Balaban J connectivity index is 1.25. The van der Waals surface area contributed by atoms with E-state index in [1.54, 1.807) is 0 Å². The molecule has 12 rings (SSSR count). The Bertz CT molecular complexity index is 2930. The van der Waals surface area contributed by atoms with E-state index in [-0.39, 0.29) is 5.41 Å². The predicted molar refractivity (Wildman–Crippen MR) is 226 cm³/mol. The standard InChI is InChI=1S/C53H38NO2/c1-33-21-26-49-44(29-33)53-42-18-10-12-20-48(42)55-50-27-23-36(31-45(50)53)54(37-24-28-51(56-49)46(53)32-37,47-19-11-8-15-38(47)34-13-5-4-6-14-34)35-22-25-40-39-16-7-9-17-41(39)52(2,3)43(40)30-35/h4-32H,1-3H3/q+1. The molecule has 0 radical (unpaired) electrons. The van der Waals surface area contributed by atoms with Crippen LogP contribution in [-0.4, -0.2) is 0 Å². The fraction of sp³-hybridized carbons (Fsp3) is 0.0943. The van der Waals surface area contributed by atoms with Crippen LogP contribution >= 0.6 is 0 Å². The third kappa shape index (κ3) is 3.85. The first kappa shape index (κ1) is 31.6. The van der Waals surface area contributed by atoms with Crippen molar-refractivity contribution in [2.45, 2.75) is 31.6 Å². The summed E-state index contributed by atoms with van der Waals surface area (Å²) >= 11 is 0. The van der Waals surface area contributed by atoms with Crippen molar-refractivity contribution in [2.75, 3.05) is 0 Å². The van der Waals surface area contributed by atoms with Gasteiger partial charge >= 0.3 is 0 Å². The van der Waals surface area contributed by atoms with Gasteiger partial charge in [0.2, 0.25) is 0 Å². The lowest BCUT2D eigenvalue weighted by molar-refractivity contribution is 0.397. The Morgan fingerprint density at radius 3 is 1.61 bits per heavy atom. The first-order valence-electron chi connectivity index (χ1n) is 19.6. The van der Waals surface area contributed by atoms with Gasteiger partial charge in [-0.15, -0.1) is 0 Å². The molecule has 3 heterocycles. The molecule has 2 atom stereocenters. The van der Waals surface area contributed by atoms with Crippen molar-refractivity contribution in [2.24, 2.45) is 0 Å². The van der Waals surface area contributed by atoms with Gasteiger partial charge in [0.05, 0.1) is 5.41 Å². The highest BCUT2D eigenvalue weighted by molar-refractivity contribution is 5.94. The van der Waals surface area contributed by atoms with Gasteiger partial charge in [0, 0.05) is 75.7 Å². The monoisotopic (exact) mass is 720 g/mol. The molecule has 0 aromatic heterocycles. The summed E-state index contributed by atoms with van der Waals surface area (Å²) in [5, 5.41) is 0. The van der Waals surface area contributed by atoms with Crippen LogP contribution in [0, 0.1) is 6.92 Å². The van der Waals surface area contributed by atoms with Gasteiger partial charge in [-0.1, -0.05) is 116 Å². The summed E-state index contributed by atoms with van der Waals surface area (Å²) < 4.78 is 14.2. The van der Waals surface area contributed by atoms with Crippen LogP contribution in [0.25, 0.3) is 22.3 Å². The maximum absolute atomic E-state index is 6.91. The molecule has 1 spiro atoms. The van der Waals surface area contributed by atoms with Crippen LogP contribution in [0.4, 0.5) is 22.7 Å². The fourth-order valence-electron chi connectivity index (χ4n) is 10.6. The maximum Gasteiger partial charge on any atom is 0.156 e. The summed E-state index contributed by atoms with van der Waals surface area (Å²) in [6.45, 7) is 6.91. The van der Waals surface area contributed by atoms with Crippen LogP contribution < -0.4 is 14.0 Å². The number of para-hydroxylation sites is 2. The van der Waals surface area contributed by atoms with Gasteiger partial charge in [-0.2, -0.15) is 4.48 Å². The molecule has 4 bridgehead atoms. The van der Waals surface area contributed by atoms with Crippen molar-refractivity contribution in [3.05, 3.63) is 215 Å². The summed E-state index contributed by atoms with van der Waals surface area (Å²) in [6.07, 6.45) is 0. The molecule has 8 aromatic carbocycles. The second-order valence-corrected chi connectivity index (χ2v) is 16.3. The SMILES string of the molecule is Cc1ccc2c(c1)C13c4ccccc4Oc4ccc(cc41)[N+](c1ccc4c(c1)C(C)(C)c1ccccc1-4)(c1ccccc1-c1ccccc1)c1ccc(c3c1)O2. The number of nitrogens with zero attached hydrogens (tertiary/aromatic N) is 1. The van der Waals surface area contributed by atoms with E-state index in [0.717, 1.165) is 56.6 Å². The van der Waals surface area contributed by atoms with Gasteiger partial charge in [-0.3, -0.25) is 0 Å². The van der Waals surface area contributed by atoms with Crippen LogP contribution in [-0.2, 0) is 10.8 Å². The van der Waals surface area contributed by atoms with Crippen molar-refractivity contribution in [1.29, 1.82) is 0 Å². The highest BCUT2D eigenvalue weighted by atomic mass is 16.5. The zero-order valence-corrected chi connectivity index (χ0v) is 31.5. The van der Waals surface area contributed by atoms with Crippen LogP contribution in [0.1, 0.15) is 52.8 Å². The van der Waals surface area contributed by atoms with Gasteiger partial charge in [0.1, 0.15) is 40.1 Å². The first-order chi connectivity index (χ1) is 27.4. The average Bonchev–Trinajstić information content (AvgIpc) is 3.47. The highest BCUT2D eigenvalue weighted by Gasteiger charge is 2.55. The minimum Gasteiger partial charge on any atom is -0.457 e. The Kier molecular flexibility index (Phi) is 6.20. The van der Waals surface area contributed by atoms with Gasteiger partial charge in [-0.25, -0.2) is 0 Å². The van der Waals surface area contributed by atoms with Crippen molar-refractivity contribution in [1.82, 2.24) is 4.48 Å². The fourth-order valence-corrected chi connectivity index (χ4v) is 10.6. The van der Waals surface area contributed by atoms with E-state index < -0.39 is 5.41 Å². The summed E-state index contributed by atoms with van der Waals surface area (Å²) in [5.74, 6) is 3.47. The molecule has 0 fully saturated rings. The van der Waals surface area contributed by atoms with E-state index in [9.17, 15) is 0 Å². The smallest absolute Gasteiger partial charge is 0.156 e. The topological polar surface area (TPSA) is 18.5 Å². The van der Waals surface area contributed by atoms with E-state index in [1.165, 1.54) is 50.3 Å². The van der Waals surface area contributed by atoms with Gasteiger partial charge in [0.25, 0.3) is 0 Å². The number of ether oxygens (including phenoxy) is 2. The Labute approximate surface area is 327 Å². The van der Waals surface area contributed by atoms with Crippen molar-refractivity contribution >= 4 is 22.7 Å². The molecule has 0 amide bonds. The van der Waals surface area contributed by atoms with E-state index in [4.69, 9.17) is 9.47 Å². The van der Waals surface area contributed by atoms with Crippen molar-refractivity contribution < 1.29 is 9.47 Å². The lowest BCUT2D eigenvalue weighted by Gasteiger charge is -2.48. The van der Waals surface area contributed by atoms with E-state index in [2.05, 4.69) is 197 Å². The van der Waals surface area contributed by atoms with Gasteiger partial charge < -0.3 is 9.47 Å². The van der Waals surface area contributed by atoms with Crippen LogP contribution in [0.3, 0.4) is 0 Å². The average molecular weight is 721 g/mol. The molecule has 56 heavy (non-hydrogen) atoms. The molecule has 3 nitrogen and oxygen atoms in total. The molecule has 0 N–H and O–H groups in total. The number of benzene rings is 8. The van der Waals surface area contributed by atoms with Gasteiger partial charge in [-0.05, 0) is 71.1 Å². The molecule has 3 heteroatoms. The second kappa shape index (κ2) is 11.0. The van der Waals surface area contributed by atoms with Gasteiger partial charge in [0.15, 0.2) is 5.69 Å².